The Kier molecular flexibility index (Phi) is 7.67. The Hall–Kier alpha value is -3.44. The van der Waals surface area contributed by atoms with E-state index in [2.05, 4.69) is 20.4 Å². The number of carbonyl (C=O) groups is 2. The molecular formula is C24H25N5O4S2. The van der Waals surface area contributed by atoms with Gasteiger partial charge in [0.1, 0.15) is 33.3 Å². The van der Waals surface area contributed by atoms with Crippen molar-refractivity contribution in [2.45, 2.75) is 30.5 Å². The number of methoxy groups -OCH3 is 1. The Morgan fingerprint density at radius 1 is 1.20 bits per heavy atom. The number of benzene rings is 1. The minimum atomic E-state index is -0.531. The van der Waals surface area contributed by atoms with Gasteiger partial charge in [0.05, 0.1) is 30.5 Å². The number of fused-ring (bicyclic) bond motifs is 1. The van der Waals surface area contributed by atoms with E-state index in [1.54, 1.807) is 21.1 Å². The SMILES string of the molecule is CCOC(=O)c1cnn(C)c1NC(=O)C(CC)Sc1ncnc2scc(-c3ccc(OC)cc3)c12. The number of thiophene rings is 1. The summed E-state index contributed by atoms with van der Waals surface area (Å²) in [5.74, 6) is 0.296. The molecule has 0 bridgehead atoms. The van der Waals surface area contributed by atoms with Crippen LogP contribution >= 0.6 is 23.1 Å². The fraction of sp³-hybridized carbons (Fsp3) is 0.292. The molecule has 0 fully saturated rings. The van der Waals surface area contributed by atoms with Crippen LogP contribution in [-0.4, -0.2) is 50.6 Å². The molecule has 0 saturated carbocycles. The first-order valence-electron chi connectivity index (χ1n) is 11.0. The van der Waals surface area contributed by atoms with E-state index >= 15 is 0 Å². The van der Waals surface area contributed by atoms with Crippen LogP contribution < -0.4 is 10.1 Å². The minimum absolute atomic E-state index is 0.214. The molecular weight excluding hydrogens is 486 g/mol. The third-order valence-corrected chi connectivity index (χ3v) is 7.58. The predicted molar refractivity (Wildman–Crippen MR) is 137 cm³/mol. The third kappa shape index (κ3) is 5.15. The number of amides is 1. The number of carbonyl (C=O) groups excluding carboxylic acids is 2. The zero-order chi connectivity index (χ0) is 24.9. The lowest BCUT2D eigenvalue weighted by atomic mass is 10.1. The predicted octanol–water partition coefficient (Wildman–Crippen LogP) is 4.79. The van der Waals surface area contributed by atoms with Gasteiger partial charge >= 0.3 is 5.97 Å². The van der Waals surface area contributed by atoms with E-state index in [4.69, 9.17) is 9.47 Å². The molecule has 1 unspecified atom stereocenters. The number of aryl methyl sites for hydroxylation is 1. The van der Waals surface area contributed by atoms with Gasteiger partial charge in [-0.2, -0.15) is 5.10 Å². The van der Waals surface area contributed by atoms with Crippen molar-refractivity contribution >= 4 is 51.0 Å². The molecule has 4 rings (SSSR count). The van der Waals surface area contributed by atoms with Crippen molar-refractivity contribution in [2.24, 2.45) is 7.05 Å². The van der Waals surface area contributed by atoms with Crippen molar-refractivity contribution in [3.05, 3.63) is 47.7 Å². The molecule has 0 aliphatic heterocycles. The molecule has 35 heavy (non-hydrogen) atoms. The average molecular weight is 512 g/mol. The molecule has 3 heterocycles. The second-order valence-electron chi connectivity index (χ2n) is 7.49. The number of hydrogen-bond donors (Lipinski definition) is 1. The van der Waals surface area contributed by atoms with Crippen LogP contribution in [0.25, 0.3) is 21.3 Å². The van der Waals surface area contributed by atoms with Crippen LogP contribution in [0.15, 0.2) is 47.2 Å². The zero-order valence-corrected chi connectivity index (χ0v) is 21.4. The van der Waals surface area contributed by atoms with Crippen LogP contribution in [0.5, 0.6) is 5.75 Å². The fourth-order valence-corrected chi connectivity index (χ4v) is 5.53. The van der Waals surface area contributed by atoms with E-state index < -0.39 is 11.2 Å². The smallest absolute Gasteiger partial charge is 0.343 e. The Morgan fingerprint density at radius 2 is 1.97 bits per heavy atom. The van der Waals surface area contributed by atoms with Crippen LogP contribution in [0.3, 0.4) is 0 Å². The molecule has 4 aromatic rings. The molecule has 0 spiro atoms. The molecule has 1 atom stereocenters. The fourth-order valence-electron chi connectivity index (χ4n) is 3.52. The van der Waals surface area contributed by atoms with Crippen LogP contribution in [0.2, 0.25) is 0 Å². The van der Waals surface area contributed by atoms with Crippen LogP contribution in [0.1, 0.15) is 30.6 Å². The summed E-state index contributed by atoms with van der Waals surface area (Å²) in [5, 5.41) is 10.2. The maximum atomic E-state index is 13.3. The number of rotatable bonds is 9. The number of nitrogens with zero attached hydrogens (tertiary/aromatic N) is 4. The largest absolute Gasteiger partial charge is 0.497 e. The van der Waals surface area contributed by atoms with E-state index in [9.17, 15) is 9.59 Å². The van der Waals surface area contributed by atoms with Crippen molar-refractivity contribution < 1.29 is 19.1 Å². The summed E-state index contributed by atoms with van der Waals surface area (Å²) >= 11 is 2.90. The number of aromatic nitrogens is 4. The molecule has 182 valence electrons. The lowest BCUT2D eigenvalue weighted by Gasteiger charge is -2.16. The van der Waals surface area contributed by atoms with Gasteiger partial charge in [-0.25, -0.2) is 14.8 Å². The summed E-state index contributed by atoms with van der Waals surface area (Å²) in [6, 6.07) is 7.80. The quantitative estimate of drug-likeness (QED) is 0.194. The summed E-state index contributed by atoms with van der Waals surface area (Å²) < 4.78 is 11.8. The van der Waals surface area contributed by atoms with Gasteiger partial charge in [0.2, 0.25) is 5.91 Å². The summed E-state index contributed by atoms with van der Waals surface area (Å²) in [5.41, 5.74) is 2.23. The number of ether oxygens (including phenoxy) is 2. The van der Waals surface area contributed by atoms with Gasteiger partial charge in [0, 0.05) is 18.0 Å². The van der Waals surface area contributed by atoms with E-state index in [0.29, 0.717) is 12.2 Å². The van der Waals surface area contributed by atoms with E-state index in [1.165, 1.54) is 40.3 Å². The number of nitrogens with one attached hydrogen (secondary N) is 1. The number of esters is 1. The van der Waals surface area contributed by atoms with Crippen molar-refractivity contribution in [3.8, 4) is 16.9 Å². The van der Waals surface area contributed by atoms with Crippen molar-refractivity contribution in [3.63, 3.8) is 0 Å². The Balaban J connectivity index is 1.62. The topological polar surface area (TPSA) is 108 Å². The molecule has 0 aliphatic carbocycles. The van der Waals surface area contributed by atoms with E-state index in [0.717, 1.165) is 32.1 Å². The second-order valence-corrected chi connectivity index (χ2v) is 9.54. The van der Waals surface area contributed by atoms with E-state index in [1.807, 2.05) is 36.6 Å². The first kappa shape index (κ1) is 24.7. The molecule has 0 saturated heterocycles. The molecule has 3 aromatic heterocycles. The van der Waals surface area contributed by atoms with Gasteiger partial charge in [0.25, 0.3) is 0 Å². The molecule has 1 aromatic carbocycles. The normalized spacial score (nSPS) is 11.9. The van der Waals surface area contributed by atoms with Gasteiger partial charge in [-0.15, -0.1) is 11.3 Å². The molecule has 1 amide bonds. The average Bonchev–Trinajstić information content (AvgIpc) is 3.47. The van der Waals surface area contributed by atoms with Crippen molar-refractivity contribution in [2.75, 3.05) is 19.0 Å². The minimum Gasteiger partial charge on any atom is -0.497 e. The molecule has 0 aliphatic rings. The summed E-state index contributed by atoms with van der Waals surface area (Å²) in [4.78, 5) is 35.3. The van der Waals surface area contributed by atoms with E-state index in [-0.39, 0.29) is 18.1 Å². The molecule has 0 radical (unpaired) electrons. The summed E-state index contributed by atoms with van der Waals surface area (Å²) in [6.45, 7) is 3.89. The molecule has 9 nitrogen and oxygen atoms in total. The van der Waals surface area contributed by atoms with Crippen molar-refractivity contribution in [1.29, 1.82) is 0 Å². The number of thioether (sulfide) groups is 1. The lowest BCUT2D eigenvalue weighted by Crippen LogP contribution is -2.27. The van der Waals surface area contributed by atoms with Gasteiger partial charge in [-0.3, -0.25) is 9.48 Å². The number of anilines is 1. The van der Waals surface area contributed by atoms with Crippen LogP contribution in [0.4, 0.5) is 5.82 Å². The Labute approximate surface area is 210 Å². The van der Waals surface area contributed by atoms with Gasteiger partial charge in [-0.1, -0.05) is 30.8 Å². The molecule has 1 N–H and O–H groups in total. The highest BCUT2D eigenvalue weighted by Crippen LogP contribution is 2.40. The van der Waals surface area contributed by atoms with Gasteiger partial charge < -0.3 is 14.8 Å². The monoisotopic (exact) mass is 511 g/mol. The van der Waals surface area contributed by atoms with Crippen LogP contribution in [0, 0.1) is 0 Å². The second kappa shape index (κ2) is 10.9. The maximum absolute atomic E-state index is 13.3. The first-order chi connectivity index (χ1) is 17.0. The highest BCUT2D eigenvalue weighted by molar-refractivity contribution is 8.00. The Morgan fingerprint density at radius 3 is 2.66 bits per heavy atom. The van der Waals surface area contributed by atoms with Gasteiger partial charge in [-0.05, 0) is 31.0 Å². The molecule has 11 heteroatoms. The summed E-state index contributed by atoms with van der Waals surface area (Å²) in [6.07, 6.45) is 3.46. The lowest BCUT2D eigenvalue weighted by molar-refractivity contribution is -0.115. The standard InChI is InChI=1S/C24H25N5O4S2/c1-5-18(21(30)28-20-16(11-27-29(20)3)24(31)33-6-2)35-23-19-17(12-34-22(19)25-13-26-23)14-7-9-15(32-4)10-8-14/h7-13,18H,5-6H2,1-4H3,(H,28,30). The third-order valence-electron chi connectivity index (χ3n) is 5.33. The highest BCUT2D eigenvalue weighted by Gasteiger charge is 2.25. The maximum Gasteiger partial charge on any atom is 0.343 e. The van der Waals surface area contributed by atoms with Crippen molar-refractivity contribution in [1.82, 2.24) is 19.7 Å². The van der Waals surface area contributed by atoms with Gasteiger partial charge in [0.15, 0.2) is 0 Å². The highest BCUT2D eigenvalue weighted by atomic mass is 32.2. The summed E-state index contributed by atoms with van der Waals surface area (Å²) in [7, 11) is 3.29. The number of hydrogen-bond acceptors (Lipinski definition) is 9. The Bertz CT molecular complexity index is 1350. The zero-order valence-electron chi connectivity index (χ0n) is 19.8. The first-order valence-corrected chi connectivity index (χ1v) is 12.8. The van der Waals surface area contributed by atoms with Crippen LogP contribution in [-0.2, 0) is 16.6 Å².